The number of aromatic nitrogens is 2. The number of furan rings is 1. The van der Waals surface area contributed by atoms with Gasteiger partial charge < -0.3 is 13.6 Å². The Balaban J connectivity index is 1.37. The fourth-order valence-corrected chi connectivity index (χ4v) is 6.73. The lowest BCUT2D eigenvalue weighted by molar-refractivity contribution is 0.669. The molecule has 0 atom stereocenters. The number of hydrogen-bond acceptors (Lipinski definition) is 2. The van der Waals surface area contributed by atoms with Crippen LogP contribution in [0.5, 0.6) is 0 Å². The quantitative estimate of drug-likeness (QED) is 0.202. The molecule has 0 spiro atoms. The molecule has 3 aromatic heterocycles. The van der Waals surface area contributed by atoms with E-state index in [1.807, 2.05) is 66.7 Å². The second-order valence-electron chi connectivity index (χ2n) is 10.8. The third kappa shape index (κ3) is 3.19. The zero-order valence-electron chi connectivity index (χ0n) is 22.7. The van der Waals surface area contributed by atoms with E-state index in [1.54, 1.807) is 0 Å². The number of benzene rings is 6. The average Bonchev–Trinajstić information content (AvgIpc) is 3.71. The highest BCUT2D eigenvalue weighted by atomic mass is 16.3. The number of nitriles is 1. The van der Waals surface area contributed by atoms with Crippen molar-refractivity contribution in [3.8, 4) is 17.4 Å². The zero-order chi connectivity index (χ0) is 28.7. The first-order valence-electron chi connectivity index (χ1n) is 14.0. The van der Waals surface area contributed by atoms with Crippen molar-refractivity contribution >= 4 is 71.2 Å². The summed E-state index contributed by atoms with van der Waals surface area (Å²) in [6.45, 7) is 7.54. The molecule has 0 aliphatic heterocycles. The van der Waals surface area contributed by atoms with E-state index < -0.39 is 0 Å². The molecular formula is C38H20N4O. The molecule has 0 radical (unpaired) electrons. The van der Waals surface area contributed by atoms with Gasteiger partial charge in [0.05, 0.1) is 51.3 Å². The maximum absolute atomic E-state index is 9.60. The molecule has 0 fully saturated rings. The van der Waals surface area contributed by atoms with Crippen LogP contribution >= 0.6 is 0 Å². The molecule has 43 heavy (non-hydrogen) atoms. The highest BCUT2D eigenvalue weighted by molar-refractivity contribution is 6.15. The lowest BCUT2D eigenvalue weighted by Crippen LogP contribution is -1.95. The van der Waals surface area contributed by atoms with E-state index in [2.05, 4.69) is 74.6 Å². The van der Waals surface area contributed by atoms with Crippen molar-refractivity contribution in [2.75, 3.05) is 0 Å². The Morgan fingerprint density at radius 2 is 1.28 bits per heavy atom. The van der Waals surface area contributed by atoms with Gasteiger partial charge in [0.2, 0.25) is 0 Å². The standard InChI is InChI=1S/C38H20N4O/c1-40-24-14-17-33-29(20-24)27-8-2-4-9-31(27)41(33)25-15-18-36-30(21-25)38-35(11-6-12-37(38)43-36)42-32-10-5-3-7-26(32)28-19-23(22-39)13-16-34(28)42/h2-21H. The minimum atomic E-state index is 0.629. The van der Waals surface area contributed by atoms with Crippen molar-refractivity contribution < 1.29 is 4.42 Å². The first kappa shape index (κ1) is 23.4. The van der Waals surface area contributed by atoms with E-state index in [-0.39, 0.29) is 0 Å². The van der Waals surface area contributed by atoms with Crippen molar-refractivity contribution in [2.24, 2.45) is 0 Å². The van der Waals surface area contributed by atoms with Crippen molar-refractivity contribution in [1.82, 2.24) is 9.13 Å². The second-order valence-corrected chi connectivity index (χ2v) is 10.8. The highest BCUT2D eigenvalue weighted by Crippen LogP contribution is 2.41. The van der Waals surface area contributed by atoms with Crippen molar-refractivity contribution in [3.05, 3.63) is 138 Å². The second kappa shape index (κ2) is 8.60. The van der Waals surface area contributed by atoms with E-state index in [0.717, 1.165) is 76.9 Å². The van der Waals surface area contributed by atoms with Crippen LogP contribution in [0.1, 0.15) is 5.56 Å². The third-order valence-corrected chi connectivity index (χ3v) is 8.54. The minimum absolute atomic E-state index is 0.629. The lowest BCUT2D eigenvalue weighted by atomic mass is 10.1. The molecule has 9 rings (SSSR count). The number of para-hydroxylation sites is 2. The van der Waals surface area contributed by atoms with E-state index in [9.17, 15) is 5.26 Å². The van der Waals surface area contributed by atoms with Crippen LogP contribution in [0.2, 0.25) is 0 Å². The van der Waals surface area contributed by atoms with Gasteiger partial charge in [-0.25, -0.2) is 4.85 Å². The Bertz CT molecular complexity index is 2710. The molecule has 0 aliphatic carbocycles. The fraction of sp³-hybridized carbons (Fsp3) is 0. The van der Waals surface area contributed by atoms with Crippen LogP contribution in [0.25, 0.3) is 81.8 Å². The molecule has 5 nitrogen and oxygen atoms in total. The number of fused-ring (bicyclic) bond motifs is 9. The molecule has 0 N–H and O–H groups in total. The maximum atomic E-state index is 9.60. The Morgan fingerprint density at radius 1 is 0.581 bits per heavy atom. The van der Waals surface area contributed by atoms with Crippen molar-refractivity contribution in [3.63, 3.8) is 0 Å². The smallest absolute Gasteiger partial charge is 0.188 e. The lowest BCUT2D eigenvalue weighted by Gasteiger charge is -2.11. The van der Waals surface area contributed by atoms with Gasteiger partial charge in [-0.3, -0.25) is 0 Å². The van der Waals surface area contributed by atoms with Gasteiger partial charge in [-0.05, 0) is 78.2 Å². The van der Waals surface area contributed by atoms with E-state index in [0.29, 0.717) is 11.3 Å². The summed E-state index contributed by atoms with van der Waals surface area (Å²) < 4.78 is 11.0. The summed E-state index contributed by atoms with van der Waals surface area (Å²) in [5.41, 5.74) is 9.19. The predicted octanol–water partition coefficient (Wildman–Crippen LogP) is 10.2. The minimum Gasteiger partial charge on any atom is -0.456 e. The van der Waals surface area contributed by atoms with Crippen molar-refractivity contribution in [1.29, 1.82) is 5.26 Å². The van der Waals surface area contributed by atoms with Gasteiger partial charge in [-0.2, -0.15) is 5.26 Å². The highest BCUT2D eigenvalue weighted by Gasteiger charge is 2.19. The van der Waals surface area contributed by atoms with Crippen molar-refractivity contribution in [2.45, 2.75) is 0 Å². The summed E-state index contributed by atoms with van der Waals surface area (Å²) in [7, 11) is 0. The molecule has 198 valence electrons. The molecule has 0 saturated carbocycles. The summed E-state index contributed by atoms with van der Waals surface area (Å²) in [4.78, 5) is 3.67. The Kier molecular flexibility index (Phi) is 4.68. The predicted molar refractivity (Wildman–Crippen MR) is 173 cm³/mol. The van der Waals surface area contributed by atoms with Gasteiger partial charge in [-0.15, -0.1) is 0 Å². The van der Waals surface area contributed by atoms with Crippen LogP contribution in [0.3, 0.4) is 0 Å². The average molecular weight is 549 g/mol. The van der Waals surface area contributed by atoms with E-state index in [4.69, 9.17) is 11.0 Å². The van der Waals surface area contributed by atoms with Gasteiger partial charge in [0.15, 0.2) is 5.69 Å². The third-order valence-electron chi connectivity index (χ3n) is 8.54. The summed E-state index contributed by atoms with van der Waals surface area (Å²) in [6.07, 6.45) is 0. The number of hydrogen-bond donors (Lipinski definition) is 0. The van der Waals surface area contributed by atoms with Gasteiger partial charge in [0.25, 0.3) is 0 Å². The Morgan fingerprint density at radius 3 is 2.07 bits per heavy atom. The van der Waals surface area contributed by atoms with Crippen LogP contribution in [-0.4, -0.2) is 9.13 Å². The molecule has 9 aromatic rings. The number of rotatable bonds is 2. The van der Waals surface area contributed by atoms with Gasteiger partial charge in [0, 0.05) is 27.2 Å². The monoisotopic (exact) mass is 548 g/mol. The Hall–Kier alpha value is -6.30. The van der Waals surface area contributed by atoms with Crippen LogP contribution in [0.4, 0.5) is 5.69 Å². The number of nitrogens with zero attached hydrogens (tertiary/aromatic N) is 4. The first-order valence-corrected chi connectivity index (χ1v) is 14.0. The first-order chi connectivity index (χ1) is 21.2. The summed E-state index contributed by atoms with van der Waals surface area (Å²) in [5, 5.41) is 16.0. The van der Waals surface area contributed by atoms with Crippen LogP contribution in [-0.2, 0) is 0 Å². The maximum Gasteiger partial charge on any atom is 0.188 e. The van der Waals surface area contributed by atoms with E-state index >= 15 is 0 Å². The molecular weight excluding hydrogens is 528 g/mol. The van der Waals surface area contributed by atoms with E-state index in [1.165, 1.54) is 0 Å². The molecule has 0 saturated heterocycles. The molecule has 0 aliphatic rings. The molecule has 0 amide bonds. The fourth-order valence-electron chi connectivity index (χ4n) is 6.73. The Labute approximate surface area is 245 Å². The SMILES string of the molecule is [C-]#[N+]c1ccc2c(c1)c1ccccc1n2-c1ccc2oc3cccc(-n4c5ccccc5c5cc(C#N)ccc54)c3c2c1. The molecule has 6 aromatic carbocycles. The molecule has 5 heteroatoms. The summed E-state index contributed by atoms with van der Waals surface area (Å²) in [6, 6.07) is 43.3. The van der Waals surface area contributed by atoms with Gasteiger partial charge >= 0.3 is 0 Å². The van der Waals surface area contributed by atoms with Crippen LogP contribution < -0.4 is 0 Å². The molecule has 0 unspecified atom stereocenters. The largest absolute Gasteiger partial charge is 0.456 e. The van der Waals surface area contributed by atoms with Crippen LogP contribution in [0, 0.1) is 17.9 Å². The zero-order valence-corrected chi connectivity index (χ0v) is 22.7. The summed E-state index contributed by atoms with van der Waals surface area (Å²) in [5.74, 6) is 0. The summed E-state index contributed by atoms with van der Waals surface area (Å²) >= 11 is 0. The molecule has 3 heterocycles. The topological polar surface area (TPSA) is 51.1 Å². The molecule has 0 bridgehead atoms. The van der Waals surface area contributed by atoms with Crippen LogP contribution in [0.15, 0.2) is 126 Å². The normalized spacial score (nSPS) is 11.7. The van der Waals surface area contributed by atoms with Gasteiger partial charge in [-0.1, -0.05) is 48.5 Å². The van der Waals surface area contributed by atoms with Gasteiger partial charge in [0.1, 0.15) is 11.2 Å².